The lowest BCUT2D eigenvalue weighted by molar-refractivity contribution is -0.139. The van der Waals surface area contributed by atoms with Crippen molar-refractivity contribution < 1.29 is 29.0 Å². The monoisotopic (exact) mass is 480 g/mol. The fourth-order valence-corrected chi connectivity index (χ4v) is 4.85. The molecule has 1 aliphatic carbocycles. The van der Waals surface area contributed by atoms with E-state index >= 15 is 0 Å². The van der Waals surface area contributed by atoms with E-state index < -0.39 is 29.8 Å². The van der Waals surface area contributed by atoms with Crippen LogP contribution in [0.25, 0.3) is 11.1 Å². The lowest BCUT2D eigenvalue weighted by atomic mass is 9.98. The summed E-state index contributed by atoms with van der Waals surface area (Å²) in [4.78, 5) is 38.3. The Morgan fingerprint density at radius 1 is 1.06 bits per heavy atom. The van der Waals surface area contributed by atoms with E-state index in [0.29, 0.717) is 19.5 Å². The first-order valence-corrected chi connectivity index (χ1v) is 11.9. The van der Waals surface area contributed by atoms with Gasteiger partial charge in [-0.25, -0.2) is 14.4 Å². The molecular weight excluding hydrogens is 448 g/mol. The molecule has 4 rings (SSSR count). The fourth-order valence-electron chi connectivity index (χ4n) is 4.85. The van der Waals surface area contributed by atoms with Gasteiger partial charge < -0.3 is 24.8 Å². The lowest BCUT2D eigenvalue weighted by Gasteiger charge is -2.24. The zero-order chi connectivity index (χ0) is 25.2. The van der Waals surface area contributed by atoms with Gasteiger partial charge in [-0.1, -0.05) is 48.5 Å². The van der Waals surface area contributed by atoms with Crippen molar-refractivity contribution in [2.24, 2.45) is 5.92 Å². The highest BCUT2D eigenvalue weighted by Gasteiger charge is 2.34. The van der Waals surface area contributed by atoms with E-state index in [1.165, 1.54) is 0 Å². The van der Waals surface area contributed by atoms with Crippen molar-refractivity contribution in [1.29, 1.82) is 0 Å². The van der Waals surface area contributed by atoms with E-state index in [0.717, 1.165) is 22.3 Å². The van der Waals surface area contributed by atoms with E-state index in [1.807, 2.05) is 36.4 Å². The number of carbonyl (C=O) groups is 3. The molecule has 0 unspecified atom stereocenters. The first-order valence-electron chi connectivity index (χ1n) is 11.9. The molecular formula is C27H32N2O6. The third kappa shape index (κ3) is 5.75. The molecule has 1 saturated heterocycles. The van der Waals surface area contributed by atoms with Crippen LogP contribution in [0, 0.1) is 5.92 Å². The summed E-state index contributed by atoms with van der Waals surface area (Å²) in [6.45, 7) is 6.41. The molecule has 2 N–H and O–H groups in total. The predicted molar refractivity (Wildman–Crippen MR) is 130 cm³/mol. The van der Waals surface area contributed by atoms with Crippen LogP contribution in [0.1, 0.15) is 50.7 Å². The van der Waals surface area contributed by atoms with E-state index in [4.69, 9.17) is 9.47 Å². The second-order valence-electron chi connectivity index (χ2n) is 10.2. The molecule has 2 amide bonds. The lowest BCUT2D eigenvalue weighted by Crippen LogP contribution is -2.43. The number of aliphatic carboxylic acids is 1. The Balaban J connectivity index is 1.32. The number of alkyl carbamates (subject to hydrolysis) is 1. The highest BCUT2D eigenvalue weighted by molar-refractivity contribution is 5.81. The molecule has 1 fully saturated rings. The first-order chi connectivity index (χ1) is 16.6. The van der Waals surface area contributed by atoms with Crippen molar-refractivity contribution >= 4 is 18.2 Å². The minimum absolute atomic E-state index is 0.0579. The molecule has 186 valence electrons. The predicted octanol–water partition coefficient (Wildman–Crippen LogP) is 4.63. The van der Waals surface area contributed by atoms with Gasteiger partial charge in [0.15, 0.2) is 0 Å². The minimum atomic E-state index is -1.13. The molecule has 35 heavy (non-hydrogen) atoms. The van der Waals surface area contributed by atoms with E-state index in [9.17, 15) is 19.5 Å². The molecule has 0 saturated carbocycles. The Kier molecular flexibility index (Phi) is 7.00. The zero-order valence-electron chi connectivity index (χ0n) is 20.3. The molecule has 0 radical (unpaired) electrons. The number of amides is 2. The van der Waals surface area contributed by atoms with Crippen LogP contribution in [-0.4, -0.2) is 59.5 Å². The van der Waals surface area contributed by atoms with Crippen molar-refractivity contribution in [3.63, 3.8) is 0 Å². The number of carbonyl (C=O) groups excluding carboxylic acids is 2. The van der Waals surface area contributed by atoms with Crippen molar-refractivity contribution in [2.45, 2.75) is 51.2 Å². The van der Waals surface area contributed by atoms with Crippen LogP contribution in [0.2, 0.25) is 0 Å². The van der Waals surface area contributed by atoms with Gasteiger partial charge in [0, 0.05) is 19.0 Å². The summed E-state index contributed by atoms with van der Waals surface area (Å²) < 4.78 is 10.9. The molecule has 8 nitrogen and oxygen atoms in total. The summed E-state index contributed by atoms with van der Waals surface area (Å²) in [7, 11) is 0. The van der Waals surface area contributed by atoms with Crippen LogP contribution in [0.15, 0.2) is 48.5 Å². The van der Waals surface area contributed by atoms with Crippen LogP contribution < -0.4 is 5.32 Å². The number of ether oxygens (including phenoxy) is 2. The molecule has 1 heterocycles. The second kappa shape index (κ2) is 9.98. The van der Waals surface area contributed by atoms with Gasteiger partial charge in [0.2, 0.25) is 0 Å². The van der Waals surface area contributed by atoms with Crippen LogP contribution in [0.3, 0.4) is 0 Å². The van der Waals surface area contributed by atoms with Gasteiger partial charge in [-0.15, -0.1) is 0 Å². The van der Waals surface area contributed by atoms with E-state index in [2.05, 4.69) is 17.4 Å². The van der Waals surface area contributed by atoms with Crippen LogP contribution in [0.5, 0.6) is 0 Å². The molecule has 0 spiro atoms. The van der Waals surface area contributed by atoms with Crippen LogP contribution >= 0.6 is 0 Å². The number of likely N-dealkylation sites (tertiary alicyclic amines) is 1. The third-order valence-corrected chi connectivity index (χ3v) is 6.44. The zero-order valence-corrected chi connectivity index (χ0v) is 20.3. The average Bonchev–Trinajstić information content (AvgIpc) is 3.39. The molecule has 0 aromatic heterocycles. The Morgan fingerprint density at radius 2 is 1.66 bits per heavy atom. The van der Waals surface area contributed by atoms with Crippen LogP contribution in [-0.2, 0) is 14.3 Å². The van der Waals surface area contributed by atoms with Crippen molar-refractivity contribution in [2.75, 3.05) is 19.7 Å². The van der Waals surface area contributed by atoms with E-state index in [-0.39, 0.29) is 24.9 Å². The molecule has 2 atom stereocenters. The number of rotatable bonds is 6. The van der Waals surface area contributed by atoms with Gasteiger partial charge >= 0.3 is 18.2 Å². The Labute approximate surface area is 205 Å². The number of hydrogen-bond donors (Lipinski definition) is 2. The highest BCUT2D eigenvalue weighted by atomic mass is 16.6. The Hall–Kier alpha value is -3.55. The van der Waals surface area contributed by atoms with E-state index in [1.54, 1.807) is 25.7 Å². The van der Waals surface area contributed by atoms with Crippen LogP contribution in [0.4, 0.5) is 9.59 Å². The Bertz CT molecular complexity index is 1060. The molecule has 8 heteroatoms. The topological polar surface area (TPSA) is 105 Å². The number of hydrogen-bond acceptors (Lipinski definition) is 5. The number of carboxylic acid groups (broad SMARTS) is 1. The summed E-state index contributed by atoms with van der Waals surface area (Å²) >= 11 is 0. The number of nitrogens with zero attached hydrogens (tertiary/aromatic N) is 1. The number of carboxylic acids is 1. The highest BCUT2D eigenvalue weighted by Crippen LogP contribution is 2.44. The fraction of sp³-hybridized carbons (Fsp3) is 0.444. The van der Waals surface area contributed by atoms with Gasteiger partial charge in [0.1, 0.15) is 18.2 Å². The van der Waals surface area contributed by atoms with Crippen molar-refractivity contribution in [3.05, 3.63) is 59.7 Å². The van der Waals surface area contributed by atoms with Crippen molar-refractivity contribution in [1.82, 2.24) is 10.2 Å². The number of nitrogens with one attached hydrogen (secondary N) is 1. The Morgan fingerprint density at radius 3 is 2.23 bits per heavy atom. The number of fused-ring (bicyclic) bond motifs is 3. The molecule has 0 bridgehead atoms. The SMILES string of the molecule is CC(C)(C)OC(=O)N1CC[C@H](C[C@H](NC(=O)OCC2c3ccccc3-c3ccccc32)C(=O)O)C1. The molecule has 2 aromatic rings. The van der Waals surface area contributed by atoms with Gasteiger partial charge in [-0.2, -0.15) is 0 Å². The number of benzene rings is 2. The maximum atomic E-state index is 12.6. The summed E-state index contributed by atoms with van der Waals surface area (Å²) in [6, 6.07) is 14.9. The maximum Gasteiger partial charge on any atom is 0.410 e. The molecule has 1 aliphatic heterocycles. The summed E-state index contributed by atoms with van der Waals surface area (Å²) in [5, 5.41) is 12.2. The quantitative estimate of drug-likeness (QED) is 0.625. The summed E-state index contributed by atoms with van der Waals surface area (Å²) in [5.74, 6) is -1.29. The first kappa shape index (κ1) is 24.6. The molecule has 2 aromatic carbocycles. The smallest absolute Gasteiger partial charge is 0.410 e. The van der Waals surface area contributed by atoms with Crippen molar-refractivity contribution in [3.8, 4) is 11.1 Å². The minimum Gasteiger partial charge on any atom is -0.480 e. The van der Waals surface area contributed by atoms with Gasteiger partial charge in [-0.05, 0) is 61.8 Å². The average molecular weight is 481 g/mol. The summed E-state index contributed by atoms with van der Waals surface area (Å²) in [5.41, 5.74) is 3.83. The van der Waals surface area contributed by atoms with Gasteiger partial charge in [0.05, 0.1) is 0 Å². The summed E-state index contributed by atoms with van der Waals surface area (Å²) in [6.07, 6.45) is -0.313. The van der Waals surface area contributed by atoms with Gasteiger partial charge in [0.25, 0.3) is 0 Å². The normalized spacial score (nSPS) is 17.9. The largest absolute Gasteiger partial charge is 0.480 e. The third-order valence-electron chi connectivity index (χ3n) is 6.44. The second-order valence-corrected chi connectivity index (χ2v) is 10.2. The maximum absolute atomic E-state index is 12.6. The van der Waals surface area contributed by atoms with Gasteiger partial charge in [-0.3, -0.25) is 0 Å². The molecule has 2 aliphatic rings. The standard InChI is InChI=1S/C27H32N2O6/c1-27(2,3)35-26(33)29-13-12-17(15-29)14-23(24(30)31)28-25(32)34-16-22-20-10-6-4-8-18(20)19-9-5-7-11-21(19)22/h4-11,17,22-23H,12-16H2,1-3H3,(H,28,32)(H,30,31)/t17-,23+/m1/s1.